The Hall–Kier alpha value is -0.700. The Balaban J connectivity index is 1.68. The number of rotatable bonds is 3. The number of Topliss-reactive ketones (excluding diaryl/α,β-unsaturated/α-hetero) is 1. The highest BCUT2D eigenvalue weighted by molar-refractivity contribution is 9.10. The van der Waals surface area contributed by atoms with Crippen LogP contribution in [0.1, 0.15) is 31.2 Å². The zero-order valence-corrected chi connectivity index (χ0v) is 11.7. The lowest BCUT2D eigenvalue weighted by Gasteiger charge is -2.04. The molecular weight excluding hydrogens is 295 g/mol. The van der Waals surface area contributed by atoms with E-state index in [0.29, 0.717) is 34.4 Å². The molecule has 0 heterocycles. The van der Waals surface area contributed by atoms with Crippen molar-refractivity contribution >= 4 is 21.7 Å². The molecule has 2 aliphatic rings. The molecule has 0 radical (unpaired) electrons. The molecule has 2 unspecified atom stereocenters. The molecule has 0 saturated heterocycles. The number of benzene rings is 1. The van der Waals surface area contributed by atoms with Crippen LogP contribution in [0.3, 0.4) is 0 Å². The van der Waals surface area contributed by atoms with Crippen molar-refractivity contribution in [3.05, 3.63) is 34.1 Å². The smallest absolute Gasteiger partial charge is 0.140 e. The lowest BCUT2D eigenvalue weighted by Crippen LogP contribution is -2.08. The van der Waals surface area contributed by atoms with Crippen LogP contribution < -0.4 is 0 Å². The van der Waals surface area contributed by atoms with Gasteiger partial charge in [-0.15, -0.1) is 0 Å². The predicted molar refractivity (Wildman–Crippen MR) is 71.7 cm³/mol. The maximum absolute atomic E-state index is 13.0. The number of carbonyl (C=O) groups excluding carboxylic acids is 1. The maximum Gasteiger partial charge on any atom is 0.140 e. The lowest BCUT2D eigenvalue weighted by molar-refractivity contribution is -0.120. The van der Waals surface area contributed by atoms with Crippen molar-refractivity contribution in [2.75, 3.05) is 0 Å². The first-order valence-corrected chi connectivity index (χ1v) is 7.43. The van der Waals surface area contributed by atoms with Gasteiger partial charge < -0.3 is 0 Å². The standard InChI is InChI=1S/C15H16BrFO/c16-13-8-10(17)6-5-9(13)7-14(18)15-11-3-1-2-4-12(11)15/h5-6,8,11-12,15H,1-4,7H2. The number of carbonyl (C=O) groups is 1. The van der Waals surface area contributed by atoms with Crippen LogP contribution >= 0.6 is 15.9 Å². The van der Waals surface area contributed by atoms with E-state index in [2.05, 4.69) is 15.9 Å². The van der Waals surface area contributed by atoms with Crippen LogP contribution in [0.5, 0.6) is 0 Å². The van der Waals surface area contributed by atoms with E-state index in [1.54, 1.807) is 6.07 Å². The average Bonchev–Trinajstić information content (AvgIpc) is 3.07. The van der Waals surface area contributed by atoms with E-state index in [1.165, 1.54) is 37.8 Å². The van der Waals surface area contributed by atoms with Gasteiger partial charge in [-0.2, -0.15) is 0 Å². The fourth-order valence-corrected chi connectivity index (χ4v) is 3.93. The zero-order chi connectivity index (χ0) is 12.7. The van der Waals surface area contributed by atoms with Crippen LogP contribution in [-0.4, -0.2) is 5.78 Å². The van der Waals surface area contributed by atoms with Crippen LogP contribution in [0.25, 0.3) is 0 Å². The average molecular weight is 311 g/mol. The molecule has 2 fully saturated rings. The van der Waals surface area contributed by atoms with Gasteiger partial charge in [-0.3, -0.25) is 4.79 Å². The van der Waals surface area contributed by atoms with E-state index in [1.807, 2.05) is 0 Å². The van der Waals surface area contributed by atoms with E-state index < -0.39 is 0 Å². The van der Waals surface area contributed by atoms with Crippen molar-refractivity contribution in [3.63, 3.8) is 0 Å². The summed E-state index contributed by atoms with van der Waals surface area (Å²) in [5, 5.41) is 0. The fourth-order valence-electron chi connectivity index (χ4n) is 3.44. The van der Waals surface area contributed by atoms with Gasteiger partial charge in [0.25, 0.3) is 0 Å². The molecule has 1 nitrogen and oxygen atoms in total. The third-order valence-electron chi connectivity index (χ3n) is 4.41. The van der Waals surface area contributed by atoms with E-state index in [-0.39, 0.29) is 5.82 Å². The van der Waals surface area contributed by atoms with Crippen molar-refractivity contribution in [1.82, 2.24) is 0 Å². The summed E-state index contributed by atoms with van der Waals surface area (Å²) in [6.45, 7) is 0. The minimum atomic E-state index is -0.266. The summed E-state index contributed by atoms with van der Waals surface area (Å²) in [6, 6.07) is 4.57. The minimum absolute atomic E-state index is 0.266. The first kappa shape index (κ1) is 12.3. The van der Waals surface area contributed by atoms with Crippen LogP contribution in [0.4, 0.5) is 4.39 Å². The molecule has 3 heteroatoms. The molecule has 2 atom stereocenters. The summed E-state index contributed by atoms with van der Waals surface area (Å²) in [6.07, 6.45) is 5.46. The molecular formula is C15H16BrFO. The zero-order valence-electron chi connectivity index (χ0n) is 10.2. The van der Waals surface area contributed by atoms with Crippen molar-refractivity contribution in [3.8, 4) is 0 Å². The highest BCUT2D eigenvalue weighted by Gasteiger charge is 2.53. The van der Waals surface area contributed by atoms with E-state index in [0.717, 1.165) is 5.56 Å². The van der Waals surface area contributed by atoms with Crippen molar-refractivity contribution in [2.45, 2.75) is 32.1 Å². The molecule has 0 aromatic heterocycles. The van der Waals surface area contributed by atoms with Gasteiger partial charge in [-0.25, -0.2) is 4.39 Å². The van der Waals surface area contributed by atoms with Gasteiger partial charge in [-0.1, -0.05) is 34.8 Å². The third-order valence-corrected chi connectivity index (χ3v) is 5.15. The molecule has 96 valence electrons. The largest absolute Gasteiger partial charge is 0.299 e. The fraction of sp³-hybridized carbons (Fsp3) is 0.533. The van der Waals surface area contributed by atoms with Gasteiger partial charge in [0, 0.05) is 16.8 Å². The molecule has 2 saturated carbocycles. The minimum Gasteiger partial charge on any atom is -0.299 e. The Morgan fingerprint density at radius 3 is 2.56 bits per heavy atom. The number of fused-ring (bicyclic) bond motifs is 1. The van der Waals surface area contributed by atoms with Crippen LogP contribution in [0.15, 0.2) is 22.7 Å². The monoisotopic (exact) mass is 310 g/mol. The number of hydrogen-bond donors (Lipinski definition) is 0. The summed E-state index contributed by atoms with van der Waals surface area (Å²) in [4.78, 5) is 12.3. The number of halogens is 2. The topological polar surface area (TPSA) is 17.1 Å². The lowest BCUT2D eigenvalue weighted by atomic mass is 10.0. The Morgan fingerprint density at radius 2 is 1.94 bits per heavy atom. The number of ketones is 1. The first-order chi connectivity index (χ1) is 8.66. The second kappa shape index (κ2) is 4.76. The van der Waals surface area contributed by atoms with Crippen molar-refractivity contribution in [2.24, 2.45) is 17.8 Å². The van der Waals surface area contributed by atoms with Gasteiger partial charge in [0.2, 0.25) is 0 Å². The normalized spacial score (nSPS) is 29.8. The first-order valence-electron chi connectivity index (χ1n) is 6.63. The number of hydrogen-bond acceptors (Lipinski definition) is 1. The second-order valence-corrected chi connectivity index (χ2v) is 6.37. The Morgan fingerprint density at radius 1 is 1.28 bits per heavy atom. The Bertz CT molecular complexity index is 473. The molecule has 0 aliphatic heterocycles. The quantitative estimate of drug-likeness (QED) is 0.820. The molecule has 0 N–H and O–H groups in total. The van der Waals surface area contributed by atoms with E-state index >= 15 is 0 Å². The van der Waals surface area contributed by atoms with Gasteiger partial charge in [-0.05, 0) is 42.4 Å². The molecule has 18 heavy (non-hydrogen) atoms. The van der Waals surface area contributed by atoms with Crippen molar-refractivity contribution in [1.29, 1.82) is 0 Å². The maximum atomic E-state index is 13.0. The SMILES string of the molecule is O=C(Cc1ccc(F)cc1Br)C1C2CCCCC21. The molecule has 3 rings (SSSR count). The molecule has 1 aromatic rings. The van der Waals surface area contributed by atoms with E-state index in [9.17, 15) is 9.18 Å². The van der Waals surface area contributed by atoms with Crippen LogP contribution in [0, 0.1) is 23.6 Å². The highest BCUT2D eigenvalue weighted by atomic mass is 79.9. The summed E-state index contributed by atoms with van der Waals surface area (Å²) < 4.78 is 13.7. The summed E-state index contributed by atoms with van der Waals surface area (Å²) in [5.41, 5.74) is 0.907. The van der Waals surface area contributed by atoms with Crippen molar-refractivity contribution < 1.29 is 9.18 Å². The third kappa shape index (κ3) is 2.25. The molecule has 0 amide bonds. The molecule has 0 bridgehead atoms. The van der Waals surface area contributed by atoms with Crippen LogP contribution in [0.2, 0.25) is 0 Å². The Labute approximate surface area is 115 Å². The molecule has 2 aliphatic carbocycles. The van der Waals surface area contributed by atoms with Crippen LogP contribution in [-0.2, 0) is 11.2 Å². The summed E-state index contributed by atoms with van der Waals surface area (Å²) in [5.74, 6) is 1.69. The highest BCUT2D eigenvalue weighted by Crippen LogP contribution is 2.56. The van der Waals surface area contributed by atoms with Gasteiger partial charge in [0.15, 0.2) is 0 Å². The van der Waals surface area contributed by atoms with Gasteiger partial charge in [0.05, 0.1) is 0 Å². The van der Waals surface area contributed by atoms with Gasteiger partial charge >= 0.3 is 0 Å². The van der Waals surface area contributed by atoms with Gasteiger partial charge in [0.1, 0.15) is 11.6 Å². The summed E-state index contributed by atoms with van der Waals surface area (Å²) >= 11 is 3.33. The summed E-state index contributed by atoms with van der Waals surface area (Å²) in [7, 11) is 0. The Kier molecular flexibility index (Phi) is 3.27. The predicted octanol–water partition coefficient (Wildman–Crippen LogP) is 4.14. The molecule has 0 spiro atoms. The van der Waals surface area contributed by atoms with E-state index in [4.69, 9.17) is 0 Å². The second-order valence-electron chi connectivity index (χ2n) is 5.52. The molecule has 1 aromatic carbocycles.